The van der Waals surface area contributed by atoms with Crippen molar-refractivity contribution in [2.75, 3.05) is 39.3 Å². The first kappa shape index (κ1) is 17.3. The molecule has 2 atom stereocenters. The van der Waals surface area contributed by atoms with Crippen molar-refractivity contribution in [3.05, 3.63) is 35.4 Å². The monoisotopic (exact) mass is 337 g/mol. The number of hydrogen-bond donors (Lipinski definition) is 0. The average molecular weight is 337 g/mol. The molecular formula is C18H25F2N3O. The maximum absolute atomic E-state index is 13.4. The second kappa shape index (κ2) is 7.15. The highest BCUT2D eigenvalue weighted by Gasteiger charge is 2.35. The normalized spacial score (nSPS) is 26.1. The van der Waals surface area contributed by atoms with Crippen LogP contribution in [0.4, 0.5) is 8.78 Å². The molecule has 2 aliphatic heterocycles. The van der Waals surface area contributed by atoms with Crippen LogP contribution in [0.1, 0.15) is 19.4 Å². The Morgan fingerprint density at radius 3 is 2.46 bits per heavy atom. The maximum atomic E-state index is 13.4. The van der Waals surface area contributed by atoms with E-state index in [0.717, 1.165) is 44.8 Å². The molecule has 2 heterocycles. The number of amides is 1. The number of piperazine rings is 1. The summed E-state index contributed by atoms with van der Waals surface area (Å²) in [5.74, 6) is -0.903. The number of halogens is 2. The molecule has 24 heavy (non-hydrogen) atoms. The zero-order chi connectivity index (χ0) is 17.3. The first-order valence-electron chi connectivity index (χ1n) is 8.60. The number of nitrogens with zero attached hydrogens (tertiary/aromatic N) is 3. The van der Waals surface area contributed by atoms with Crippen LogP contribution in [0.5, 0.6) is 0 Å². The molecule has 3 rings (SSSR count). The molecule has 0 unspecified atom stereocenters. The smallest absolute Gasteiger partial charge is 0.219 e. The molecule has 1 amide bonds. The molecule has 0 aliphatic carbocycles. The Balaban J connectivity index is 1.56. The Morgan fingerprint density at radius 1 is 1.12 bits per heavy atom. The Labute approximate surface area is 142 Å². The van der Waals surface area contributed by atoms with Crippen LogP contribution in [-0.4, -0.2) is 65.9 Å². The molecule has 1 aromatic rings. The van der Waals surface area contributed by atoms with Gasteiger partial charge in [-0.15, -0.1) is 0 Å². The summed E-state index contributed by atoms with van der Waals surface area (Å²) in [7, 11) is 0. The molecule has 0 bridgehead atoms. The van der Waals surface area contributed by atoms with Crippen LogP contribution < -0.4 is 0 Å². The highest BCUT2D eigenvalue weighted by atomic mass is 19.2. The number of carbonyl (C=O) groups is 1. The van der Waals surface area contributed by atoms with Crippen LogP contribution in [0.25, 0.3) is 0 Å². The van der Waals surface area contributed by atoms with Gasteiger partial charge in [-0.2, -0.15) is 0 Å². The van der Waals surface area contributed by atoms with E-state index in [-0.39, 0.29) is 5.91 Å². The van der Waals surface area contributed by atoms with Crippen molar-refractivity contribution >= 4 is 5.91 Å². The van der Waals surface area contributed by atoms with Crippen LogP contribution in [0.2, 0.25) is 0 Å². The first-order valence-corrected chi connectivity index (χ1v) is 8.60. The van der Waals surface area contributed by atoms with Crippen LogP contribution in [0, 0.1) is 17.6 Å². The van der Waals surface area contributed by atoms with E-state index >= 15 is 0 Å². The van der Waals surface area contributed by atoms with Gasteiger partial charge in [-0.05, 0) is 23.6 Å². The average Bonchev–Trinajstić information content (AvgIpc) is 2.91. The van der Waals surface area contributed by atoms with Crippen LogP contribution >= 0.6 is 0 Å². The van der Waals surface area contributed by atoms with Crippen molar-refractivity contribution in [3.63, 3.8) is 0 Å². The van der Waals surface area contributed by atoms with Gasteiger partial charge in [0.15, 0.2) is 11.6 Å². The van der Waals surface area contributed by atoms with Gasteiger partial charge in [-0.3, -0.25) is 14.6 Å². The van der Waals surface area contributed by atoms with Gasteiger partial charge < -0.3 is 4.90 Å². The summed E-state index contributed by atoms with van der Waals surface area (Å²) in [5, 5.41) is 0. The number of carbonyl (C=O) groups excluding carboxylic acids is 1. The van der Waals surface area contributed by atoms with Gasteiger partial charge in [0.25, 0.3) is 0 Å². The quantitative estimate of drug-likeness (QED) is 0.843. The van der Waals surface area contributed by atoms with E-state index in [1.165, 1.54) is 12.1 Å². The molecule has 4 nitrogen and oxygen atoms in total. The zero-order valence-corrected chi connectivity index (χ0v) is 14.3. The van der Waals surface area contributed by atoms with E-state index in [1.54, 1.807) is 13.0 Å². The molecule has 0 aromatic heterocycles. The number of rotatable bonds is 3. The standard InChI is InChI=1S/C18H25F2N3O/c1-13-10-21(11-15-3-4-16(19)17(20)9-15)12-18(13)23-7-5-22(6-8-23)14(2)24/h3-4,9,13,18H,5-8,10-12H2,1-2H3/t13-,18+/m0/s1. The van der Waals surface area contributed by atoms with Gasteiger partial charge in [0.2, 0.25) is 5.91 Å². The molecule has 1 aromatic carbocycles. The highest BCUT2D eigenvalue weighted by Crippen LogP contribution is 2.25. The van der Waals surface area contributed by atoms with E-state index in [1.807, 2.05) is 4.90 Å². The lowest BCUT2D eigenvalue weighted by Gasteiger charge is -2.39. The molecule has 6 heteroatoms. The topological polar surface area (TPSA) is 26.8 Å². The number of benzene rings is 1. The minimum Gasteiger partial charge on any atom is -0.340 e. The zero-order valence-electron chi connectivity index (χ0n) is 14.3. The lowest BCUT2D eigenvalue weighted by atomic mass is 10.0. The van der Waals surface area contributed by atoms with Crippen molar-refractivity contribution in [2.45, 2.75) is 26.4 Å². The highest BCUT2D eigenvalue weighted by molar-refractivity contribution is 5.73. The Bertz CT molecular complexity index is 602. The summed E-state index contributed by atoms with van der Waals surface area (Å²) in [6.45, 7) is 9.80. The Kier molecular flexibility index (Phi) is 5.15. The lowest BCUT2D eigenvalue weighted by molar-refractivity contribution is -0.130. The van der Waals surface area contributed by atoms with Crippen molar-refractivity contribution in [1.29, 1.82) is 0 Å². The van der Waals surface area contributed by atoms with Gasteiger partial charge >= 0.3 is 0 Å². The van der Waals surface area contributed by atoms with E-state index in [0.29, 0.717) is 18.5 Å². The summed E-state index contributed by atoms with van der Waals surface area (Å²) in [6, 6.07) is 4.60. The fourth-order valence-corrected chi connectivity index (χ4v) is 3.92. The van der Waals surface area contributed by atoms with Crippen LogP contribution in [0.15, 0.2) is 18.2 Å². The van der Waals surface area contributed by atoms with Crippen molar-refractivity contribution in [1.82, 2.24) is 14.7 Å². The summed E-state index contributed by atoms with van der Waals surface area (Å²) in [5.41, 5.74) is 0.808. The molecule has 2 fully saturated rings. The summed E-state index contributed by atoms with van der Waals surface area (Å²) < 4.78 is 26.4. The predicted octanol–water partition coefficient (Wildman–Crippen LogP) is 1.95. The first-order chi connectivity index (χ1) is 11.4. The Morgan fingerprint density at radius 2 is 1.83 bits per heavy atom. The molecule has 0 saturated carbocycles. The molecule has 0 radical (unpaired) electrons. The van der Waals surface area contributed by atoms with Gasteiger partial charge in [0.05, 0.1) is 0 Å². The number of hydrogen-bond acceptors (Lipinski definition) is 3. The molecule has 2 aliphatic rings. The van der Waals surface area contributed by atoms with Crippen molar-refractivity contribution in [2.24, 2.45) is 5.92 Å². The Hall–Kier alpha value is -1.53. The summed E-state index contributed by atoms with van der Waals surface area (Å²) in [4.78, 5) is 18.1. The van der Waals surface area contributed by atoms with Gasteiger partial charge in [0, 0.05) is 58.8 Å². The third kappa shape index (κ3) is 3.75. The van der Waals surface area contributed by atoms with Gasteiger partial charge in [-0.25, -0.2) is 8.78 Å². The van der Waals surface area contributed by atoms with E-state index < -0.39 is 11.6 Å². The minimum atomic E-state index is -0.797. The lowest BCUT2D eigenvalue weighted by Crippen LogP contribution is -2.53. The predicted molar refractivity (Wildman–Crippen MR) is 88.4 cm³/mol. The minimum absolute atomic E-state index is 0.147. The van der Waals surface area contributed by atoms with Gasteiger partial charge in [-0.1, -0.05) is 13.0 Å². The SMILES string of the molecule is CC(=O)N1CCN([C@@H]2CN(Cc3ccc(F)c(F)c3)C[C@@H]2C)CC1. The van der Waals surface area contributed by atoms with E-state index in [4.69, 9.17) is 0 Å². The van der Waals surface area contributed by atoms with Crippen molar-refractivity contribution < 1.29 is 13.6 Å². The second-order valence-corrected chi connectivity index (χ2v) is 7.03. The number of likely N-dealkylation sites (tertiary alicyclic amines) is 1. The van der Waals surface area contributed by atoms with Gasteiger partial charge in [0.1, 0.15) is 0 Å². The van der Waals surface area contributed by atoms with E-state index in [2.05, 4.69) is 16.7 Å². The fraction of sp³-hybridized carbons (Fsp3) is 0.611. The maximum Gasteiger partial charge on any atom is 0.219 e. The molecule has 0 N–H and O–H groups in total. The fourth-order valence-electron chi connectivity index (χ4n) is 3.92. The molecule has 132 valence electrons. The third-order valence-electron chi connectivity index (χ3n) is 5.27. The summed E-state index contributed by atoms with van der Waals surface area (Å²) in [6.07, 6.45) is 0. The third-order valence-corrected chi connectivity index (χ3v) is 5.27. The van der Waals surface area contributed by atoms with Crippen LogP contribution in [0.3, 0.4) is 0 Å². The largest absolute Gasteiger partial charge is 0.340 e. The second-order valence-electron chi connectivity index (χ2n) is 7.03. The molecule has 0 spiro atoms. The van der Waals surface area contributed by atoms with E-state index in [9.17, 15) is 13.6 Å². The molecular weight excluding hydrogens is 312 g/mol. The summed E-state index contributed by atoms with van der Waals surface area (Å²) >= 11 is 0. The van der Waals surface area contributed by atoms with Crippen LogP contribution in [-0.2, 0) is 11.3 Å². The molecule has 2 saturated heterocycles. The van der Waals surface area contributed by atoms with Crippen molar-refractivity contribution in [3.8, 4) is 0 Å².